The summed E-state index contributed by atoms with van der Waals surface area (Å²) in [5, 5.41) is 13.3. The van der Waals surface area contributed by atoms with E-state index >= 15 is 0 Å². The zero-order chi connectivity index (χ0) is 11.6. The number of thioether (sulfide) groups is 1. The van der Waals surface area contributed by atoms with Crippen molar-refractivity contribution in [2.75, 3.05) is 11.5 Å². The minimum atomic E-state index is -1.15. The highest BCUT2D eigenvalue weighted by Crippen LogP contribution is 2.32. The molecule has 1 aliphatic heterocycles. The molecule has 1 fully saturated rings. The Labute approximate surface area is 96.5 Å². The predicted molar refractivity (Wildman–Crippen MR) is 60.7 cm³/mol. The summed E-state index contributed by atoms with van der Waals surface area (Å²) in [4.78, 5) is 23.1. The fourth-order valence-corrected chi connectivity index (χ4v) is 3.07. The van der Waals surface area contributed by atoms with Gasteiger partial charge in [-0.3, -0.25) is 4.79 Å². The van der Waals surface area contributed by atoms with Gasteiger partial charge in [0.25, 0.3) is 5.56 Å². The second-order valence-corrected chi connectivity index (χ2v) is 4.95. The highest BCUT2D eigenvalue weighted by molar-refractivity contribution is 7.99. The van der Waals surface area contributed by atoms with Gasteiger partial charge in [-0.05, 0) is 30.4 Å². The van der Waals surface area contributed by atoms with E-state index in [-0.39, 0.29) is 5.56 Å². The van der Waals surface area contributed by atoms with Crippen LogP contribution in [0.4, 0.5) is 0 Å². The molecular weight excluding hydrogens is 228 g/mol. The molecule has 0 bridgehead atoms. The van der Waals surface area contributed by atoms with Gasteiger partial charge in [-0.15, -0.1) is 0 Å². The third-order valence-electron chi connectivity index (χ3n) is 2.84. The van der Waals surface area contributed by atoms with Crippen molar-refractivity contribution in [2.45, 2.75) is 18.4 Å². The van der Waals surface area contributed by atoms with Crippen LogP contribution < -0.4 is 5.56 Å². The Morgan fingerprint density at radius 2 is 2.19 bits per heavy atom. The minimum absolute atomic E-state index is 0.350. The molecule has 0 aromatic carbocycles. The van der Waals surface area contributed by atoms with Crippen LogP contribution in [0.15, 0.2) is 23.1 Å². The summed E-state index contributed by atoms with van der Waals surface area (Å²) in [6.07, 6.45) is 2.35. The summed E-state index contributed by atoms with van der Waals surface area (Å²) in [7, 11) is 0. The van der Waals surface area contributed by atoms with E-state index in [1.165, 1.54) is 18.3 Å². The molecule has 0 unspecified atom stereocenters. The van der Waals surface area contributed by atoms with Gasteiger partial charge in [0, 0.05) is 12.3 Å². The minimum Gasteiger partial charge on any atom is -0.479 e. The SMILES string of the molecule is O=C(O)C1(n2ncccc2=O)CCSCC1. The summed E-state index contributed by atoms with van der Waals surface area (Å²) in [5.74, 6) is 0.526. The maximum atomic E-state index is 11.7. The summed E-state index contributed by atoms with van der Waals surface area (Å²) in [5.41, 5.74) is -1.50. The third kappa shape index (κ3) is 1.73. The van der Waals surface area contributed by atoms with E-state index in [1.807, 2.05) is 0 Å². The third-order valence-corrected chi connectivity index (χ3v) is 3.82. The number of rotatable bonds is 2. The Kier molecular flexibility index (Phi) is 3.00. The maximum Gasteiger partial charge on any atom is 0.331 e. The molecule has 1 aromatic heterocycles. The van der Waals surface area contributed by atoms with Crippen LogP contribution in [0.5, 0.6) is 0 Å². The molecule has 2 rings (SSSR count). The first-order chi connectivity index (χ1) is 7.67. The number of aliphatic carboxylic acids is 1. The number of carbonyl (C=O) groups is 1. The lowest BCUT2D eigenvalue weighted by atomic mass is 9.92. The van der Waals surface area contributed by atoms with Crippen molar-refractivity contribution in [3.63, 3.8) is 0 Å². The molecule has 0 saturated carbocycles. The van der Waals surface area contributed by atoms with Gasteiger partial charge in [0.05, 0.1) is 0 Å². The van der Waals surface area contributed by atoms with Crippen LogP contribution in [0, 0.1) is 0 Å². The molecule has 1 aliphatic rings. The van der Waals surface area contributed by atoms with E-state index < -0.39 is 11.5 Å². The van der Waals surface area contributed by atoms with Crippen molar-refractivity contribution in [3.8, 4) is 0 Å². The number of carboxylic acid groups (broad SMARTS) is 1. The fourth-order valence-electron chi connectivity index (χ4n) is 1.90. The smallest absolute Gasteiger partial charge is 0.331 e. The van der Waals surface area contributed by atoms with E-state index in [4.69, 9.17) is 0 Å². The highest BCUT2D eigenvalue weighted by Gasteiger charge is 2.43. The molecule has 16 heavy (non-hydrogen) atoms. The standard InChI is InChI=1S/C10H12N2O3S/c13-8-2-1-5-11-12(8)10(9(14)15)3-6-16-7-4-10/h1-2,5H,3-4,6-7H2,(H,14,15). The molecule has 2 heterocycles. The summed E-state index contributed by atoms with van der Waals surface area (Å²) in [6, 6.07) is 2.87. The lowest BCUT2D eigenvalue weighted by Crippen LogP contribution is -2.50. The van der Waals surface area contributed by atoms with Crippen LogP contribution in [0.1, 0.15) is 12.8 Å². The Hall–Kier alpha value is -1.30. The zero-order valence-electron chi connectivity index (χ0n) is 8.63. The second kappa shape index (κ2) is 4.29. The van der Waals surface area contributed by atoms with Gasteiger partial charge in [-0.2, -0.15) is 16.9 Å². The van der Waals surface area contributed by atoms with Crippen LogP contribution in [-0.2, 0) is 10.3 Å². The molecule has 1 N–H and O–H groups in total. The van der Waals surface area contributed by atoms with Crippen LogP contribution in [0.2, 0.25) is 0 Å². The molecule has 0 spiro atoms. The quantitative estimate of drug-likeness (QED) is 0.817. The van der Waals surface area contributed by atoms with E-state index in [2.05, 4.69) is 5.10 Å². The molecule has 5 nitrogen and oxygen atoms in total. The Balaban J connectivity index is 2.51. The van der Waals surface area contributed by atoms with Crippen LogP contribution in [0.25, 0.3) is 0 Å². The first-order valence-corrected chi connectivity index (χ1v) is 6.18. The van der Waals surface area contributed by atoms with Crippen molar-refractivity contribution in [2.24, 2.45) is 0 Å². The lowest BCUT2D eigenvalue weighted by Gasteiger charge is -2.33. The van der Waals surface area contributed by atoms with Gasteiger partial charge in [0.15, 0.2) is 5.54 Å². The van der Waals surface area contributed by atoms with Crippen molar-refractivity contribution in [3.05, 3.63) is 28.7 Å². The number of hydrogen-bond acceptors (Lipinski definition) is 4. The van der Waals surface area contributed by atoms with Crippen molar-refractivity contribution in [1.29, 1.82) is 0 Å². The zero-order valence-corrected chi connectivity index (χ0v) is 9.44. The van der Waals surface area contributed by atoms with Gasteiger partial charge in [-0.1, -0.05) is 0 Å². The van der Waals surface area contributed by atoms with Crippen LogP contribution in [0.3, 0.4) is 0 Å². The van der Waals surface area contributed by atoms with E-state index in [0.717, 1.165) is 16.2 Å². The number of aromatic nitrogens is 2. The Morgan fingerprint density at radius 3 is 2.75 bits per heavy atom. The van der Waals surface area contributed by atoms with Gasteiger partial charge in [-0.25, -0.2) is 9.48 Å². The van der Waals surface area contributed by atoms with Crippen LogP contribution in [-0.4, -0.2) is 32.4 Å². The van der Waals surface area contributed by atoms with Gasteiger partial charge in [0.1, 0.15) is 0 Å². The Bertz CT molecular complexity index is 451. The molecular formula is C10H12N2O3S. The van der Waals surface area contributed by atoms with Crippen molar-refractivity contribution < 1.29 is 9.90 Å². The normalized spacial score (nSPS) is 19.2. The summed E-state index contributed by atoms with van der Waals surface area (Å²) in [6.45, 7) is 0. The van der Waals surface area contributed by atoms with E-state index in [0.29, 0.717) is 12.8 Å². The molecule has 0 amide bonds. The van der Waals surface area contributed by atoms with Gasteiger partial charge in [0.2, 0.25) is 0 Å². The van der Waals surface area contributed by atoms with Gasteiger partial charge >= 0.3 is 5.97 Å². The monoisotopic (exact) mass is 240 g/mol. The van der Waals surface area contributed by atoms with Gasteiger partial charge < -0.3 is 5.11 Å². The predicted octanol–water partition coefficient (Wildman–Crippen LogP) is 0.550. The molecule has 1 saturated heterocycles. The Morgan fingerprint density at radius 1 is 1.50 bits per heavy atom. The molecule has 0 atom stereocenters. The fraction of sp³-hybridized carbons (Fsp3) is 0.500. The maximum absolute atomic E-state index is 11.7. The molecule has 0 radical (unpaired) electrons. The average Bonchev–Trinajstić information content (AvgIpc) is 2.30. The first-order valence-electron chi connectivity index (χ1n) is 5.03. The van der Waals surface area contributed by atoms with Crippen LogP contribution >= 0.6 is 11.8 Å². The van der Waals surface area contributed by atoms with E-state index in [9.17, 15) is 14.7 Å². The van der Waals surface area contributed by atoms with Crippen molar-refractivity contribution >= 4 is 17.7 Å². The number of carboxylic acids is 1. The topological polar surface area (TPSA) is 72.2 Å². The highest BCUT2D eigenvalue weighted by atomic mass is 32.2. The average molecular weight is 240 g/mol. The number of nitrogens with zero attached hydrogens (tertiary/aromatic N) is 2. The molecule has 6 heteroatoms. The molecule has 0 aliphatic carbocycles. The number of hydrogen-bond donors (Lipinski definition) is 1. The largest absolute Gasteiger partial charge is 0.479 e. The van der Waals surface area contributed by atoms with E-state index in [1.54, 1.807) is 11.8 Å². The molecule has 1 aromatic rings. The first kappa shape index (κ1) is 11.2. The summed E-state index contributed by atoms with van der Waals surface area (Å²) < 4.78 is 1.12. The molecule has 86 valence electrons. The van der Waals surface area contributed by atoms with Crippen molar-refractivity contribution in [1.82, 2.24) is 9.78 Å². The lowest BCUT2D eigenvalue weighted by molar-refractivity contribution is -0.149. The second-order valence-electron chi connectivity index (χ2n) is 3.72. The summed E-state index contributed by atoms with van der Waals surface area (Å²) >= 11 is 1.71.